The number of ketones is 3. The Morgan fingerprint density at radius 1 is 0.952 bits per heavy atom. The van der Waals surface area contributed by atoms with Crippen molar-refractivity contribution in [2.45, 2.75) is 32.6 Å². The fraction of sp³-hybridized carbons (Fsp3) is 0.303. The van der Waals surface area contributed by atoms with Gasteiger partial charge in [-0.25, -0.2) is 0 Å². The number of anilines is 1. The lowest BCUT2D eigenvalue weighted by molar-refractivity contribution is -0.123. The van der Waals surface area contributed by atoms with E-state index in [0.29, 0.717) is 33.5 Å². The summed E-state index contributed by atoms with van der Waals surface area (Å²) < 4.78 is 10.8. The Balaban J connectivity index is 1.48. The van der Waals surface area contributed by atoms with Gasteiger partial charge in [-0.3, -0.25) is 28.9 Å². The fourth-order valence-electron chi connectivity index (χ4n) is 6.94. The monoisotopic (exact) mass is 567 g/mol. The molecule has 0 aromatic heterocycles. The summed E-state index contributed by atoms with van der Waals surface area (Å²) in [6.07, 6.45) is 3.69. The summed E-state index contributed by atoms with van der Waals surface area (Å²) in [5.74, 6) is -3.91. The first-order valence-corrected chi connectivity index (χ1v) is 13.7. The third kappa shape index (κ3) is 3.94. The highest BCUT2D eigenvalue weighted by molar-refractivity contribution is 6.25. The zero-order valence-corrected chi connectivity index (χ0v) is 23.6. The number of imide groups is 1. The molecule has 1 saturated heterocycles. The van der Waals surface area contributed by atoms with Gasteiger partial charge in [0.15, 0.2) is 28.8 Å². The molecule has 1 heterocycles. The van der Waals surface area contributed by atoms with Crippen LogP contribution >= 0.6 is 0 Å². The summed E-state index contributed by atoms with van der Waals surface area (Å²) in [7, 11) is 2.80. The number of hydrogen-bond donors (Lipinski definition) is 1. The number of ether oxygens (including phenoxy) is 2. The van der Waals surface area contributed by atoms with Gasteiger partial charge < -0.3 is 14.6 Å². The van der Waals surface area contributed by atoms with E-state index in [9.17, 15) is 29.1 Å². The Labute approximate surface area is 242 Å². The van der Waals surface area contributed by atoms with Crippen LogP contribution in [0.15, 0.2) is 70.8 Å². The lowest BCUT2D eigenvalue weighted by atomic mass is 9.59. The lowest BCUT2D eigenvalue weighted by Gasteiger charge is -2.42. The zero-order valence-electron chi connectivity index (χ0n) is 23.6. The number of carbonyl (C=O) groups excluding carboxylic acids is 5. The topological polar surface area (TPSA) is 127 Å². The van der Waals surface area contributed by atoms with E-state index in [1.54, 1.807) is 43.3 Å². The average molecular weight is 568 g/mol. The number of phenolic OH excluding ortho intramolecular Hbond substituents is 1. The third-order valence-corrected chi connectivity index (χ3v) is 8.93. The maximum absolute atomic E-state index is 14.0. The number of fused-ring (bicyclic) bond motifs is 3. The van der Waals surface area contributed by atoms with Crippen LogP contribution in [-0.2, 0) is 19.2 Å². The predicted molar refractivity (Wildman–Crippen MR) is 151 cm³/mol. The maximum Gasteiger partial charge on any atom is 0.238 e. The molecular weight excluding hydrogens is 538 g/mol. The van der Waals surface area contributed by atoms with Crippen molar-refractivity contribution in [3.8, 4) is 17.2 Å². The number of benzene rings is 2. The Kier molecular flexibility index (Phi) is 6.48. The van der Waals surface area contributed by atoms with Gasteiger partial charge in [0.25, 0.3) is 0 Å². The van der Waals surface area contributed by atoms with Crippen LogP contribution in [0.3, 0.4) is 0 Å². The number of phenols is 1. The molecule has 9 heteroatoms. The quantitative estimate of drug-likeness (QED) is 0.246. The molecule has 4 atom stereocenters. The van der Waals surface area contributed by atoms with Crippen molar-refractivity contribution in [1.82, 2.24) is 0 Å². The average Bonchev–Trinajstić information content (AvgIpc) is 3.24. The molecule has 1 fully saturated rings. The molecule has 214 valence electrons. The zero-order chi connectivity index (χ0) is 30.0. The van der Waals surface area contributed by atoms with Crippen molar-refractivity contribution in [1.29, 1.82) is 0 Å². The highest BCUT2D eigenvalue weighted by Gasteiger charge is 2.56. The van der Waals surface area contributed by atoms with Gasteiger partial charge >= 0.3 is 0 Å². The molecule has 0 spiro atoms. The SMILES string of the molecule is COc1cc(C2C3=CCC4C(=O)N(c5ccc(C(C)=O)cc5)C(=O)C4C3CC3=C2C(=O)C=C(C)C3=O)cc(OC)c1O. The minimum atomic E-state index is -0.739. The van der Waals surface area contributed by atoms with Gasteiger partial charge in [-0.2, -0.15) is 0 Å². The minimum absolute atomic E-state index is 0.126. The van der Waals surface area contributed by atoms with E-state index in [0.717, 1.165) is 5.57 Å². The molecule has 1 aliphatic heterocycles. The van der Waals surface area contributed by atoms with Crippen molar-refractivity contribution < 1.29 is 38.6 Å². The van der Waals surface area contributed by atoms with Crippen LogP contribution in [0.1, 0.15) is 48.5 Å². The Hall–Kier alpha value is -4.79. The van der Waals surface area contributed by atoms with E-state index in [1.807, 2.05) is 6.08 Å². The summed E-state index contributed by atoms with van der Waals surface area (Å²) in [6, 6.07) is 9.57. The Bertz CT molecular complexity index is 1670. The van der Waals surface area contributed by atoms with E-state index >= 15 is 0 Å². The molecule has 2 aromatic carbocycles. The summed E-state index contributed by atoms with van der Waals surface area (Å²) in [5.41, 5.74) is 3.17. The Morgan fingerprint density at radius 2 is 1.60 bits per heavy atom. The van der Waals surface area contributed by atoms with Crippen LogP contribution in [0.4, 0.5) is 5.69 Å². The predicted octanol–water partition coefficient (Wildman–Crippen LogP) is 4.25. The van der Waals surface area contributed by atoms with Gasteiger partial charge in [-0.1, -0.05) is 11.6 Å². The summed E-state index contributed by atoms with van der Waals surface area (Å²) in [5, 5.41) is 10.6. The summed E-state index contributed by atoms with van der Waals surface area (Å²) >= 11 is 0. The van der Waals surface area contributed by atoms with Gasteiger partial charge in [0.1, 0.15) is 0 Å². The first kappa shape index (κ1) is 27.4. The van der Waals surface area contributed by atoms with Gasteiger partial charge in [0.2, 0.25) is 17.6 Å². The standard InChI is InChI=1S/C33H29NO8/c1-15-11-24(36)29-23(30(15)37)14-22-20(27(29)18-12-25(41-3)31(38)26(13-18)42-4)9-10-21-28(22)33(40)34(32(21)39)19-7-5-17(6-8-19)16(2)35/h5-9,11-13,21-22,27-28,38H,10,14H2,1-4H3. The molecule has 0 bridgehead atoms. The summed E-state index contributed by atoms with van der Waals surface area (Å²) in [6.45, 7) is 3.04. The van der Waals surface area contributed by atoms with E-state index < -0.39 is 23.7 Å². The second kappa shape index (κ2) is 9.94. The van der Waals surface area contributed by atoms with Crippen LogP contribution in [0.2, 0.25) is 0 Å². The smallest absolute Gasteiger partial charge is 0.238 e. The number of allylic oxidation sites excluding steroid dienone is 6. The molecule has 9 nitrogen and oxygen atoms in total. The molecule has 4 unspecified atom stereocenters. The molecule has 0 saturated carbocycles. The van der Waals surface area contributed by atoms with Crippen LogP contribution in [0.25, 0.3) is 0 Å². The van der Waals surface area contributed by atoms with Crippen LogP contribution in [-0.4, -0.2) is 48.5 Å². The van der Waals surface area contributed by atoms with Crippen molar-refractivity contribution in [2.24, 2.45) is 17.8 Å². The van der Waals surface area contributed by atoms with Crippen molar-refractivity contribution >= 4 is 34.9 Å². The highest BCUT2D eigenvalue weighted by Crippen LogP contribution is 2.56. The lowest BCUT2D eigenvalue weighted by Crippen LogP contribution is -2.39. The van der Waals surface area contributed by atoms with E-state index in [2.05, 4.69) is 0 Å². The van der Waals surface area contributed by atoms with Crippen molar-refractivity contribution in [3.63, 3.8) is 0 Å². The first-order chi connectivity index (χ1) is 20.1. The Morgan fingerprint density at radius 3 is 2.19 bits per heavy atom. The number of rotatable bonds is 5. The molecule has 2 aromatic rings. The number of hydrogen-bond acceptors (Lipinski definition) is 8. The molecule has 3 aliphatic carbocycles. The normalized spacial score (nSPS) is 25.0. The number of aromatic hydroxyl groups is 1. The van der Waals surface area contributed by atoms with Gasteiger partial charge in [-0.05, 0) is 80.6 Å². The number of carbonyl (C=O) groups is 5. The molecule has 42 heavy (non-hydrogen) atoms. The first-order valence-electron chi connectivity index (χ1n) is 13.7. The molecule has 0 radical (unpaired) electrons. The molecule has 4 aliphatic rings. The van der Waals surface area contributed by atoms with E-state index in [4.69, 9.17) is 9.47 Å². The van der Waals surface area contributed by atoms with Crippen molar-refractivity contribution in [3.05, 3.63) is 82.0 Å². The van der Waals surface area contributed by atoms with Crippen LogP contribution in [0, 0.1) is 17.8 Å². The van der Waals surface area contributed by atoms with E-state index in [1.165, 1.54) is 32.1 Å². The molecule has 1 N–H and O–H groups in total. The van der Waals surface area contributed by atoms with Crippen LogP contribution in [0.5, 0.6) is 17.2 Å². The number of nitrogens with zero attached hydrogens (tertiary/aromatic N) is 1. The van der Waals surface area contributed by atoms with Gasteiger partial charge in [0, 0.05) is 28.2 Å². The van der Waals surface area contributed by atoms with Gasteiger partial charge in [-0.15, -0.1) is 0 Å². The number of amides is 2. The second-order valence-electron chi connectivity index (χ2n) is 11.1. The molecular formula is C33H29NO8. The largest absolute Gasteiger partial charge is 0.502 e. The maximum atomic E-state index is 14.0. The molecule has 2 amide bonds. The molecule has 6 rings (SSSR count). The summed E-state index contributed by atoms with van der Waals surface area (Å²) in [4.78, 5) is 67.6. The third-order valence-electron chi connectivity index (χ3n) is 8.93. The van der Waals surface area contributed by atoms with Crippen molar-refractivity contribution in [2.75, 3.05) is 19.1 Å². The minimum Gasteiger partial charge on any atom is -0.502 e. The fourth-order valence-corrected chi connectivity index (χ4v) is 6.94. The number of methoxy groups -OCH3 is 2. The highest BCUT2D eigenvalue weighted by atomic mass is 16.5. The second-order valence-corrected chi connectivity index (χ2v) is 11.1. The number of Topliss-reactive ketones (excluding diaryl/α,β-unsaturated/α-hetero) is 2. The van der Waals surface area contributed by atoms with E-state index in [-0.39, 0.29) is 59.3 Å². The van der Waals surface area contributed by atoms with Gasteiger partial charge in [0.05, 0.1) is 31.7 Å². The van der Waals surface area contributed by atoms with Crippen LogP contribution < -0.4 is 14.4 Å².